The van der Waals surface area contributed by atoms with Gasteiger partial charge in [0.05, 0.1) is 18.4 Å². The number of carbonyl (C=O) groups is 3. The molecule has 1 aromatic carbocycles. The van der Waals surface area contributed by atoms with Crippen LogP contribution in [0.3, 0.4) is 0 Å². The van der Waals surface area contributed by atoms with Crippen molar-refractivity contribution in [2.24, 2.45) is 11.8 Å². The van der Waals surface area contributed by atoms with Gasteiger partial charge in [0.15, 0.2) is 5.78 Å². The molecule has 26 heavy (non-hydrogen) atoms. The van der Waals surface area contributed by atoms with Crippen LogP contribution in [0.4, 0.5) is 0 Å². The summed E-state index contributed by atoms with van der Waals surface area (Å²) in [6, 6.07) is 7.79. The summed E-state index contributed by atoms with van der Waals surface area (Å²) in [5.41, 5.74) is 1.88. The zero-order valence-corrected chi connectivity index (χ0v) is 15.0. The summed E-state index contributed by atoms with van der Waals surface area (Å²) in [5, 5.41) is 0. The van der Waals surface area contributed by atoms with Gasteiger partial charge in [-0.25, -0.2) is 0 Å². The lowest BCUT2D eigenvalue weighted by Crippen LogP contribution is -2.36. The van der Waals surface area contributed by atoms with Crippen LogP contribution in [0, 0.1) is 11.8 Å². The molecule has 2 amide bonds. The van der Waals surface area contributed by atoms with Crippen molar-refractivity contribution in [1.29, 1.82) is 0 Å². The molecule has 3 aliphatic rings. The number of benzene rings is 1. The van der Waals surface area contributed by atoms with E-state index in [1.807, 2.05) is 36.4 Å². The van der Waals surface area contributed by atoms with Crippen LogP contribution in [0.25, 0.3) is 0 Å². The maximum Gasteiger partial charge on any atom is 0.233 e. The molecule has 136 valence electrons. The van der Waals surface area contributed by atoms with Crippen molar-refractivity contribution in [2.75, 3.05) is 6.54 Å². The van der Waals surface area contributed by atoms with Gasteiger partial charge in [-0.1, -0.05) is 55.7 Å². The number of allylic oxidation sites excluding steroid dienone is 2. The Hall–Kier alpha value is -2.23. The Morgan fingerprint density at radius 3 is 2.04 bits per heavy atom. The molecule has 0 aromatic heterocycles. The predicted octanol–water partition coefficient (Wildman–Crippen LogP) is 3.87. The van der Waals surface area contributed by atoms with Crippen LogP contribution in [0.1, 0.15) is 66.8 Å². The van der Waals surface area contributed by atoms with E-state index in [0.717, 1.165) is 0 Å². The SMILES string of the molecule is O=C(CN1C(=O)[C@@H]2CC=CC[C@H]2C1=O)c1ccc(C2CCCCC2)cc1. The number of ketones is 1. The molecule has 4 rings (SSSR count). The van der Waals surface area contributed by atoms with Crippen LogP contribution in [0.15, 0.2) is 36.4 Å². The molecule has 2 aliphatic carbocycles. The van der Waals surface area contributed by atoms with Gasteiger partial charge in [-0.05, 0) is 37.2 Å². The molecule has 2 fully saturated rings. The number of likely N-dealkylation sites (tertiary alicyclic amines) is 1. The number of hydrogen-bond acceptors (Lipinski definition) is 3. The highest BCUT2D eigenvalue weighted by molar-refractivity contribution is 6.10. The van der Waals surface area contributed by atoms with Gasteiger partial charge in [0.2, 0.25) is 11.8 Å². The molecule has 0 spiro atoms. The second kappa shape index (κ2) is 7.18. The van der Waals surface area contributed by atoms with Crippen LogP contribution in [0.2, 0.25) is 0 Å². The van der Waals surface area contributed by atoms with E-state index >= 15 is 0 Å². The molecule has 1 aromatic rings. The Bertz CT molecular complexity index is 717. The summed E-state index contributed by atoms with van der Waals surface area (Å²) in [7, 11) is 0. The lowest BCUT2D eigenvalue weighted by molar-refractivity contribution is -0.139. The molecule has 4 heteroatoms. The molecule has 1 saturated carbocycles. The zero-order valence-electron chi connectivity index (χ0n) is 15.0. The van der Waals surface area contributed by atoms with Crippen LogP contribution in [-0.4, -0.2) is 29.0 Å². The van der Waals surface area contributed by atoms with Crippen LogP contribution < -0.4 is 0 Å². The zero-order chi connectivity index (χ0) is 18.1. The minimum absolute atomic E-state index is 0.132. The molecule has 0 radical (unpaired) electrons. The highest BCUT2D eigenvalue weighted by Crippen LogP contribution is 2.35. The molecular formula is C22H25NO3. The molecule has 1 heterocycles. The standard InChI is InChI=1S/C22H25NO3/c24-20(14-23-21(25)18-8-4-5-9-19(18)22(23)26)17-12-10-16(11-13-17)15-6-2-1-3-7-15/h4-5,10-13,15,18-19H,1-3,6-9,14H2/t18-,19-/m1/s1. The Balaban J connectivity index is 1.43. The fourth-order valence-electron chi connectivity index (χ4n) is 4.64. The number of amides is 2. The Labute approximate surface area is 154 Å². The van der Waals surface area contributed by atoms with E-state index < -0.39 is 0 Å². The summed E-state index contributed by atoms with van der Waals surface area (Å²) >= 11 is 0. The molecular weight excluding hydrogens is 326 g/mol. The smallest absolute Gasteiger partial charge is 0.233 e. The Morgan fingerprint density at radius 2 is 1.46 bits per heavy atom. The monoisotopic (exact) mass is 351 g/mol. The lowest BCUT2D eigenvalue weighted by Gasteiger charge is -2.22. The second-order valence-electron chi connectivity index (χ2n) is 7.80. The Kier molecular flexibility index (Phi) is 4.75. The lowest BCUT2D eigenvalue weighted by atomic mass is 9.84. The first-order valence-corrected chi connectivity index (χ1v) is 9.78. The number of carbonyl (C=O) groups excluding carboxylic acids is 3. The fraction of sp³-hybridized carbons (Fsp3) is 0.500. The van der Waals surface area contributed by atoms with Gasteiger partial charge in [0.1, 0.15) is 0 Å². The molecule has 2 atom stereocenters. The van der Waals surface area contributed by atoms with Gasteiger partial charge < -0.3 is 0 Å². The first kappa shape index (κ1) is 17.2. The van der Waals surface area contributed by atoms with Crippen molar-refractivity contribution >= 4 is 17.6 Å². The van der Waals surface area contributed by atoms with E-state index in [0.29, 0.717) is 24.3 Å². The average Bonchev–Trinajstić information content (AvgIpc) is 2.94. The van der Waals surface area contributed by atoms with Gasteiger partial charge in [0, 0.05) is 5.56 Å². The first-order chi connectivity index (χ1) is 12.6. The first-order valence-electron chi connectivity index (χ1n) is 9.78. The molecule has 4 nitrogen and oxygen atoms in total. The van der Waals surface area contributed by atoms with Crippen molar-refractivity contribution in [3.05, 3.63) is 47.5 Å². The fourth-order valence-corrected chi connectivity index (χ4v) is 4.64. The maximum atomic E-state index is 12.6. The second-order valence-corrected chi connectivity index (χ2v) is 7.80. The number of nitrogens with zero attached hydrogens (tertiary/aromatic N) is 1. The quantitative estimate of drug-likeness (QED) is 0.470. The van der Waals surface area contributed by atoms with Crippen molar-refractivity contribution in [1.82, 2.24) is 4.90 Å². The molecule has 1 aliphatic heterocycles. The number of Topliss-reactive ketones (excluding diaryl/α,β-unsaturated/α-hetero) is 1. The summed E-state index contributed by atoms with van der Waals surface area (Å²) in [5.74, 6) is -0.463. The third-order valence-electron chi connectivity index (χ3n) is 6.21. The van der Waals surface area contributed by atoms with E-state index in [1.54, 1.807) is 0 Å². The van der Waals surface area contributed by atoms with Gasteiger partial charge in [-0.2, -0.15) is 0 Å². The van der Waals surface area contributed by atoms with Gasteiger partial charge in [-0.15, -0.1) is 0 Å². The highest BCUT2D eigenvalue weighted by Gasteiger charge is 2.47. The van der Waals surface area contributed by atoms with E-state index in [4.69, 9.17) is 0 Å². The van der Waals surface area contributed by atoms with Gasteiger partial charge in [-0.3, -0.25) is 19.3 Å². The Morgan fingerprint density at radius 1 is 0.885 bits per heavy atom. The average molecular weight is 351 g/mol. The van der Waals surface area contributed by atoms with E-state index in [-0.39, 0.29) is 36.0 Å². The van der Waals surface area contributed by atoms with E-state index in [9.17, 15) is 14.4 Å². The summed E-state index contributed by atoms with van der Waals surface area (Å²) in [6.07, 6.45) is 11.5. The van der Waals surface area contributed by atoms with Crippen molar-refractivity contribution in [3.8, 4) is 0 Å². The predicted molar refractivity (Wildman–Crippen MR) is 98.7 cm³/mol. The molecule has 0 unspecified atom stereocenters. The minimum Gasteiger partial charge on any atom is -0.292 e. The largest absolute Gasteiger partial charge is 0.292 e. The normalized spacial score (nSPS) is 26.2. The topological polar surface area (TPSA) is 54.5 Å². The van der Waals surface area contributed by atoms with E-state index in [1.165, 1.54) is 42.6 Å². The van der Waals surface area contributed by atoms with E-state index in [2.05, 4.69) is 0 Å². The van der Waals surface area contributed by atoms with Crippen LogP contribution >= 0.6 is 0 Å². The molecule has 0 N–H and O–H groups in total. The minimum atomic E-state index is -0.269. The number of imide groups is 1. The maximum absolute atomic E-state index is 12.6. The molecule has 0 bridgehead atoms. The van der Waals surface area contributed by atoms with Crippen molar-refractivity contribution in [3.63, 3.8) is 0 Å². The summed E-state index contributed by atoms with van der Waals surface area (Å²) in [6.45, 7) is -0.132. The number of hydrogen-bond donors (Lipinski definition) is 0. The third-order valence-corrected chi connectivity index (χ3v) is 6.21. The van der Waals surface area contributed by atoms with Crippen LogP contribution in [-0.2, 0) is 9.59 Å². The van der Waals surface area contributed by atoms with Gasteiger partial charge in [0.25, 0.3) is 0 Å². The van der Waals surface area contributed by atoms with Crippen molar-refractivity contribution < 1.29 is 14.4 Å². The van der Waals surface area contributed by atoms with Crippen LogP contribution in [0.5, 0.6) is 0 Å². The third kappa shape index (κ3) is 3.13. The van der Waals surface area contributed by atoms with Crippen molar-refractivity contribution in [2.45, 2.75) is 50.9 Å². The van der Waals surface area contributed by atoms with Gasteiger partial charge >= 0.3 is 0 Å². The number of rotatable bonds is 4. The molecule has 1 saturated heterocycles. The summed E-state index contributed by atoms with van der Waals surface area (Å²) in [4.78, 5) is 38.8. The summed E-state index contributed by atoms with van der Waals surface area (Å²) < 4.78 is 0. The number of fused-ring (bicyclic) bond motifs is 1. The highest BCUT2D eigenvalue weighted by atomic mass is 16.2.